The van der Waals surface area contributed by atoms with Crippen molar-refractivity contribution < 1.29 is 9.90 Å². The van der Waals surface area contributed by atoms with Crippen LogP contribution in [0.15, 0.2) is 29.0 Å². The summed E-state index contributed by atoms with van der Waals surface area (Å²) in [5.41, 5.74) is 0.125. The molecule has 2 heterocycles. The van der Waals surface area contributed by atoms with E-state index in [1.807, 2.05) is 28.8 Å². The Kier molecular flexibility index (Phi) is 2.95. The van der Waals surface area contributed by atoms with Crippen LogP contribution in [0.4, 0.5) is 0 Å². The van der Waals surface area contributed by atoms with Gasteiger partial charge in [-0.15, -0.1) is 0 Å². The van der Waals surface area contributed by atoms with Crippen LogP contribution in [-0.2, 0) is 11.2 Å². The first-order valence-corrected chi connectivity index (χ1v) is 6.06. The normalized spacial score (nSPS) is 11.9. The number of carboxylic acid groups (broad SMARTS) is 1. The lowest BCUT2D eigenvalue weighted by Crippen LogP contribution is -2.27. The molecule has 0 radical (unpaired) electrons. The van der Waals surface area contributed by atoms with Gasteiger partial charge in [0.25, 0.3) is 0 Å². The number of fused-ring (bicyclic) bond motifs is 1. The van der Waals surface area contributed by atoms with Crippen LogP contribution in [0.3, 0.4) is 0 Å². The van der Waals surface area contributed by atoms with Gasteiger partial charge >= 0.3 is 5.97 Å². The summed E-state index contributed by atoms with van der Waals surface area (Å²) in [4.78, 5) is 15.5. The molecule has 1 N–H and O–H groups in total. The molecule has 0 fully saturated rings. The number of aliphatic carboxylic acids is 1. The summed E-state index contributed by atoms with van der Waals surface area (Å²) < 4.78 is 2.66. The van der Waals surface area contributed by atoms with Crippen LogP contribution < -0.4 is 0 Å². The number of hydrogen-bond acceptors (Lipinski definition) is 2. The summed E-state index contributed by atoms with van der Waals surface area (Å²) in [6.07, 6.45) is 2.28. The Morgan fingerprint density at radius 3 is 2.88 bits per heavy atom. The standard InChI is InChI=1S/C12H13BrN2O2/c1-12(2,11(16)17)7-9-14-10(13)8-5-3-4-6-15(8)9/h3-6H,7H2,1-2H3,(H,16,17). The van der Waals surface area contributed by atoms with Crippen LogP contribution in [0, 0.1) is 5.41 Å². The highest BCUT2D eigenvalue weighted by molar-refractivity contribution is 9.10. The Labute approximate surface area is 107 Å². The van der Waals surface area contributed by atoms with Gasteiger partial charge < -0.3 is 9.51 Å². The summed E-state index contributed by atoms with van der Waals surface area (Å²) in [6.45, 7) is 3.40. The number of rotatable bonds is 3. The molecule has 0 aromatic carbocycles. The lowest BCUT2D eigenvalue weighted by Gasteiger charge is -2.17. The van der Waals surface area contributed by atoms with Crippen molar-refractivity contribution in [3.05, 3.63) is 34.8 Å². The molecule has 0 aliphatic rings. The summed E-state index contributed by atoms with van der Waals surface area (Å²) in [5.74, 6) is -0.0684. The minimum atomic E-state index is -0.823. The number of carbonyl (C=O) groups is 1. The van der Waals surface area contributed by atoms with Gasteiger partial charge in [-0.05, 0) is 41.9 Å². The van der Waals surface area contributed by atoms with Crippen LogP contribution in [-0.4, -0.2) is 20.5 Å². The first-order valence-electron chi connectivity index (χ1n) is 5.27. The maximum absolute atomic E-state index is 11.1. The third-order valence-electron chi connectivity index (χ3n) is 2.76. The molecule has 0 unspecified atom stereocenters. The Morgan fingerprint density at radius 1 is 1.53 bits per heavy atom. The smallest absolute Gasteiger partial charge is 0.309 e. The second-order valence-corrected chi connectivity index (χ2v) is 5.39. The maximum atomic E-state index is 11.1. The topological polar surface area (TPSA) is 54.6 Å². The maximum Gasteiger partial charge on any atom is 0.309 e. The number of hydrogen-bond donors (Lipinski definition) is 1. The van der Waals surface area contributed by atoms with Gasteiger partial charge in [0.05, 0.1) is 10.9 Å². The molecular formula is C12H13BrN2O2. The quantitative estimate of drug-likeness (QED) is 0.947. The molecule has 0 saturated carbocycles. The Hall–Kier alpha value is -1.36. The fourth-order valence-corrected chi connectivity index (χ4v) is 2.18. The van der Waals surface area contributed by atoms with E-state index in [2.05, 4.69) is 20.9 Å². The summed E-state index contributed by atoms with van der Waals surface area (Å²) >= 11 is 3.38. The third kappa shape index (κ3) is 2.20. The van der Waals surface area contributed by atoms with Crippen molar-refractivity contribution in [3.8, 4) is 0 Å². The molecule has 2 rings (SSSR count). The largest absolute Gasteiger partial charge is 0.481 e. The van der Waals surface area contributed by atoms with Gasteiger partial charge in [-0.3, -0.25) is 4.79 Å². The molecule has 2 aromatic heterocycles. The molecule has 0 aliphatic heterocycles. The predicted molar refractivity (Wildman–Crippen MR) is 68.0 cm³/mol. The molecule has 0 saturated heterocycles. The molecule has 2 aromatic rings. The van der Waals surface area contributed by atoms with E-state index >= 15 is 0 Å². The summed E-state index contributed by atoms with van der Waals surface area (Å²) in [6, 6.07) is 5.76. The minimum absolute atomic E-state index is 0.388. The van der Waals surface area contributed by atoms with Gasteiger partial charge in [0.2, 0.25) is 0 Å². The molecule has 0 aliphatic carbocycles. The van der Waals surface area contributed by atoms with E-state index < -0.39 is 11.4 Å². The minimum Gasteiger partial charge on any atom is -0.481 e. The summed E-state index contributed by atoms with van der Waals surface area (Å²) in [5, 5.41) is 9.13. The van der Waals surface area contributed by atoms with Crippen molar-refractivity contribution in [1.29, 1.82) is 0 Å². The van der Waals surface area contributed by atoms with Crippen LogP contribution in [0.1, 0.15) is 19.7 Å². The molecule has 0 spiro atoms. The van der Waals surface area contributed by atoms with E-state index in [0.717, 1.165) is 15.9 Å². The van der Waals surface area contributed by atoms with Crippen molar-refractivity contribution in [2.45, 2.75) is 20.3 Å². The molecule has 90 valence electrons. The average Bonchev–Trinajstić information content (AvgIpc) is 2.56. The number of nitrogens with zero attached hydrogens (tertiary/aromatic N) is 2. The van der Waals surface area contributed by atoms with Crippen LogP contribution in [0.5, 0.6) is 0 Å². The predicted octanol–water partition coefficient (Wildman–Crippen LogP) is 2.75. The monoisotopic (exact) mass is 296 g/mol. The van der Waals surface area contributed by atoms with Crippen molar-refractivity contribution in [1.82, 2.24) is 9.38 Å². The lowest BCUT2D eigenvalue weighted by molar-refractivity contribution is -0.146. The number of pyridine rings is 1. The molecule has 0 amide bonds. The van der Waals surface area contributed by atoms with Crippen molar-refractivity contribution in [2.75, 3.05) is 0 Å². The van der Waals surface area contributed by atoms with E-state index in [9.17, 15) is 4.79 Å². The average molecular weight is 297 g/mol. The Morgan fingerprint density at radius 2 is 2.24 bits per heavy atom. The summed E-state index contributed by atoms with van der Waals surface area (Å²) in [7, 11) is 0. The van der Waals surface area contributed by atoms with Crippen molar-refractivity contribution in [2.24, 2.45) is 5.41 Å². The zero-order valence-electron chi connectivity index (χ0n) is 9.64. The van der Waals surface area contributed by atoms with Crippen LogP contribution in [0.2, 0.25) is 0 Å². The van der Waals surface area contributed by atoms with Gasteiger partial charge in [-0.1, -0.05) is 6.07 Å². The van der Waals surface area contributed by atoms with E-state index in [1.165, 1.54) is 0 Å². The Bertz CT molecular complexity index is 575. The van der Waals surface area contributed by atoms with Crippen molar-refractivity contribution in [3.63, 3.8) is 0 Å². The van der Waals surface area contributed by atoms with Gasteiger partial charge in [0.15, 0.2) is 0 Å². The van der Waals surface area contributed by atoms with E-state index in [-0.39, 0.29) is 0 Å². The number of carboxylic acids is 1. The van der Waals surface area contributed by atoms with Crippen LogP contribution in [0.25, 0.3) is 5.52 Å². The lowest BCUT2D eigenvalue weighted by atomic mass is 9.89. The fourth-order valence-electron chi connectivity index (χ4n) is 1.66. The van der Waals surface area contributed by atoms with Gasteiger partial charge in [0, 0.05) is 12.6 Å². The second kappa shape index (κ2) is 4.14. The molecule has 0 atom stereocenters. The molecule has 0 bridgehead atoms. The second-order valence-electron chi connectivity index (χ2n) is 4.64. The van der Waals surface area contributed by atoms with E-state index in [1.54, 1.807) is 13.8 Å². The van der Waals surface area contributed by atoms with Crippen LogP contribution >= 0.6 is 15.9 Å². The Balaban J connectivity index is 2.47. The highest BCUT2D eigenvalue weighted by Gasteiger charge is 2.29. The van der Waals surface area contributed by atoms with E-state index in [4.69, 9.17) is 5.11 Å². The number of halogens is 1. The van der Waals surface area contributed by atoms with Gasteiger partial charge in [-0.2, -0.15) is 0 Å². The van der Waals surface area contributed by atoms with Crippen molar-refractivity contribution >= 4 is 27.4 Å². The highest BCUT2D eigenvalue weighted by Crippen LogP contribution is 2.25. The third-order valence-corrected chi connectivity index (χ3v) is 3.34. The van der Waals surface area contributed by atoms with E-state index in [0.29, 0.717) is 6.42 Å². The zero-order valence-corrected chi connectivity index (χ0v) is 11.2. The highest BCUT2D eigenvalue weighted by atomic mass is 79.9. The fraction of sp³-hybridized carbons (Fsp3) is 0.333. The first kappa shape index (κ1) is 12.1. The first-order chi connectivity index (χ1) is 7.92. The number of aromatic nitrogens is 2. The van der Waals surface area contributed by atoms with Gasteiger partial charge in [0.1, 0.15) is 10.4 Å². The molecule has 5 heteroatoms. The van der Waals surface area contributed by atoms with Gasteiger partial charge in [-0.25, -0.2) is 4.98 Å². The number of imidazole rings is 1. The molecule has 4 nitrogen and oxygen atoms in total. The molecule has 17 heavy (non-hydrogen) atoms. The zero-order chi connectivity index (χ0) is 12.6. The SMILES string of the molecule is CC(C)(Cc1nc(Br)c2ccccn12)C(=O)O. The molecular weight excluding hydrogens is 284 g/mol.